The van der Waals surface area contributed by atoms with Crippen molar-refractivity contribution in [3.63, 3.8) is 0 Å². The van der Waals surface area contributed by atoms with Crippen molar-refractivity contribution in [2.45, 2.75) is 26.8 Å². The number of benzene rings is 1. The first-order valence-electron chi connectivity index (χ1n) is 6.13. The molecule has 0 aliphatic heterocycles. The van der Waals surface area contributed by atoms with Crippen LogP contribution in [-0.4, -0.2) is 16.9 Å². The van der Waals surface area contributed by atoms with Crippen LogP contribution in [0.4, 0.5) is 5.69 Å². The molecule has 0 fully saturated rings. The SMILES string of the molecule is CC(C)[C@@H](C)NC(=O)/C=C/c1cccc([N+](=O)[O-])c1. The van der Waals surface area contributed by atoms with E-state index in [4.69, 9.17) is 0 Å². The number of non-ortho nitro benzene ring substituents is 1. The molecule has 0 bridgehead atoms. The Kier molecular flexibility index (Phi) is 5.23. The van der Waals surface area contributed by atoms with E-state index in [-0.39, 0.29) is 17.6 Å². The van der Waals surface area contributed by atoms with E-state index in [1.807, 2.05) is 20.8 Å². The van der Waals surface area contributed by atoms with Crippen LogP contribution in [0.1, 0.15) is 26.3 Å². The molecule has 102 valence electrons. The lowest BCUT2D eigenvalue weighted by Crippen LogP contribution is -2.34. The number of hydrogen-bond donors (Lipinski definition) is 1. The number of nitro groups is 1. The number of amides is 1. The molecule has 1 aromatic carbocycles. The molecule has 0 aliphatic rings. The lowest BCUT2D eigenvalue weighted by Gasteiger charge is -2.15. The van der Waals surface area contributed by atoms with Crippen LogP contribution in [0.2, 0.25) is 0 Å². The van der Waals surface area contributed by atoms with Gasteiger partial charge in [-0.05, 0) is 24.5 Å². The van der Waals surface area contributed by atoms with Gasteiger partial charge in [-0.15, -0.1) is 0 Å². The second-order valence-corrected chi connectivity index (χ2v) is 4.73. The lowest BCUT2D eigenvalue weighted by molar-refractivity contribution is -0.384. The van der Waals surface area contributed by atoms with E-state index in [2.05, 4.69) is 5.32 Å². The van der Waals surface area contributed by atoms with E-state index in [1.165, 1.54) is 18.2 Å². The monoisotopic (exact) mass is 262 g/mol. The van der Waals surface area contributed by atoms with Crippen molar-refractivity contribution in [3.05, 3.63) is 46.0 Å². The first kappa shape index (κ1) is 14.9. The second kappa shape index (κ2) is 6.68. The first-order chi connectivity index (χ1) is 8.90. The molecule has 0 radical (unpaired) electrons. The largest absolute Gasteiger partial charge is 0.350 e. The first-order valence-corrected chi connectivity index (χ1v) is 6.13. The molecule has 1 aromatic rings. The Morgan fingerprint density at radius 2 is 2.05 bits per heavy atom. The quantitative estimate of drug-likeness (QED) is 0.504. The standard InChI is InChI=1S/C14H18N2O3/c1-10(2)11(3)15-14(17)8-7-12-5-4-6-13(9-12)16(18)19/h4-11H,1-3H3,(H,15,17)/b8-7+/t11-/m1/s1. The van der Waals surface area contributed by atoms with E-state index in [0.29, 0.717) is 11.5 Å². The average Bonchev–Trinajstić information content (AvgIpc) is 2.36. The van der Waals surface area contributed by atoms with Gasteiger partial charge in [0.05, 0.1) is 4.92 Å². The number of rotatable bonds is 5. The predicted octanol–water partition coefficient (Wildman–Crippen LogP) is 2.77. The van der Waals surface area contributed by atoms with Crippen LogP contribution < -0.4 is 5.32 Å². The van der Waals surface area contributed by atoms with Crippen LogP contribution in [0.25, 0.3) is 6.08 Å². The highest BCUT2D eigenvalue weighted by molar-refractivity contribution is 5.91. The third-order valence-electron chi connectivity index (χ3n) is 2.88. The Morgan fingerprint density at radius 1 is 1.37 bits per heavy atom. The Balaban J connectivity index is 2.68. The van der Waals surface area contributed by atoms with Crippen LogP contribution >= 0.6 is 0 Å². The van der Waals surface area contributed by atoms with Gasteiger partial charge in [0.15, 0.2) is 0 Å². The number of nitro benzene ring substituents is 1. The van der Waals surface area contributed by atoms with Crippen molar-refractivity contribution in [2.75, 3.05) is 0 Å². The van der Waals surface area contributed by atoms with Gasteiger partial charge in [-0.2, -0.15) is 0 Å². The Bertz CT molecular complexity index is 495. The molecule has 5 nitrogen and oxygen atoms in total. The summed E-state index contributed by atoms with van der Waals surface area (Å²) < 4.78 is 0. The summed E-state index contributed by atoms with van der Waals surface area (Å²) in [5, 5.41) is 13.4. The molecule has 1 N–H and O–H groups in total. The van der Waals surface area contributed by atoms with Crippen LogP contribution in [0.5, 0.6) is 0 Å². The van der Waals surface area contributed by atoms with Gasteiger partial charge < -0.3 is 5.32 Å². The van der Waals surface area contributed by atoms with Crippen LogP contribution in [0, 0.1) is 16.0 Å². The Labute approximate surface area is 112 Å². The molecular formula is C14H18N2O3. The third-order valence-corrected chi connectivity index (χ3v) is 2.88. The molecule has 5 heteroatoms. The molecule has 19 heavy (non-hydrogen) atoms. The smallest absolute Gasteiger partial charge is 0.270 e. The predicted molar refractivity (Wildman–Crippen MR) is 74.6 cm³/mol. The third kappa shape index (κ3) is 4.91. The van der Waals surface area contributed by atoms with Gasteiger partial charge in [-0.1, -0.05) is 26.0 Å². The number of hydrogen-bond acceptors (Lipinski definition) is 3. The molecular weight excluding hydrogens is 244 g/mol. The molecule has 0 unspecified atom stereocenters. The summed E-state index contributed by atoms with van der Waals surface area (Å²) >= 11 is 0. The summed E-state index contributed by atoms with van der Waals surface area (Å²) in [6, 6.07) is 6.23. The van der Waals surface area contributed by atoms with Crippen molar-refractivity contribution < 1.29 is 9.72 Å². The van der Waals surface area contributed by atoms with Gasteiger partial charge in [0.1, 0.15) is 0 Å². The minimum Gasteiger partial charge on any atom is -0.350 e. The topological polar surface area (TPSA) is 72.2 Å². The zero-order chi connectivity index (χ0) is 14.4. The van der Waals surface area contributed by atoms with Crippen molar-refractivity contribution in [2.24, 2.45) is 5.92 Å². The average molecular weight is 262 g/mol. The van der Waals surface area contributed by atoms with E-state index < -0.39 is 4.92 Å². The summed E-state index contributed by atoms with van der Waals surface area (Å²) in [5.41, 5.74) is 0.639. The summed E-state index contributed by atoms with van der Waals surface area (Å²) in [7, 11) is 0. The van der Waals surface area contributed by atoms with E-state index in [1.54, 1.807) is 18.2 Å². The molecule has 1 atom stereocenters. The van der Waals surface area contributed by atoms with Gasteiger partial charge in [-0.3, -0.25) is 14.9 Å². The normalized spacial score (nSPS) is 12.6. The fourth-order valence-corrected chi connectivity index (χ4v) is 1.35. The number of nitrogens with zero attached hydrogens (tertiary/aromatic N) is 1. The molecule has 0 saturated carbocycles. The van der Waals surface area contributed by atoms with Gasteiger partial charge >= 0.3 is 0 Å². The molecule has 0 spiro atoms. The summed E-state index contributed by atoms with van der Waals surface area (Å²) in [6.45, 7) is 5.98. The maximum atomic E-state index is 11.6. The zero-order valence-corrected chi connectivity index (χ0v) is 11.3. The van der Waals surface area contributed by atoms with E-state index in [0.717, 1.165) is 0 Å². The van der Waals surface area contributed by atoms with Crippen LogP contribution in [-0.2, 0) is 4.79 Å². The fourth-order valence-electron chi connectivity index (χ4n) is 1.35. The highest BCUT2D eigenvalue weighted by atomic mass is 16.6. The zero-order valence-electron chi connectivity index (χ0n) is 11.3. The lowest BCUT2D eigenvalue weighted by atomic mass is 10.1. The van der Waals surface area contributed by atoms with E-state index >= 15 is 0 Å². The molecule has 0 aliphatic carbocycles. The highest BCUT2D eigenvalue weighted by Gasteiger charge is 2.08. The van der Waals surface area contributed by atoms with Gasteiger partial charge in [0.2, 0.25) is 5.91 Å². The van der Waals surface area contributed by atoms with E-state index in [9.17, 15) is 14.9 Å². The highest BCUT2D eigenvalue weighted by Crippen LogP contribution is 2.14. The van der Waals surface area contributed by atoms with Gasteiger partial charge in [0, 0.05) is 24.3 Å². The minimum absolute atomic E-state index is 0.0121. The fraction of sp³-hybridized carbons (Fsp3) is 0.357. The van der Waals surface area contributed by atoms with Crippen LogP contribution in [0.15, 0.2) is 30.3 Å². The maximum absolute atomic E-state index is 11.6. The number of nitrogens with one attached hydrogen (secondary N) is 1. The number of carbonyl (C=O) groups excluding carboxylic acids is 1. The molecule has 0 aromatic heterocycles. The Morgan fingerprint density at radius 3 is 2.63 bits per heavy atom. The summed E-state index contributed by atoms with van der Waals surface area (Å²) in [5.74, 6) is 0.155. The maximum Gasteiger partial charge on any atom is 0.270 e. The molecule has 1 rings (SSSR count). The van der Waals surface area contributed by atoms with Crippen molar-refractivity contribution in [1.29, 1.82) is 0 Å². The van der Waals surface area contributed by atoms with Crippen molar-refractivity contribution in [1.82, 2.24) is 5.32 Å². The van der Waals surface area contributed by atoms with Crippen molar-refractivity contribution >= 4 is 17.7 Å². The molecule has 0 saturated heterocycles. The summed E-state index contributed by atoms with van der Waals surface area (Å²) in [6.07, 6.45) is 2.95. The molecule has 0 heterocycles. The van der Waals surface area contributed by atoms with Gasteiger partial charge in [0.25, 0.3) is 5.69 Å². The Hall–Kier alpha value is -2.17. The van der Waals surface area contributed by atoms with Gasteiger partial charge in [-0.25, -0.2) is 0 Å². The number of carbonyl (C=O) groups is 1. The second-order valence-electron chi connectivity index (χ2n) is 4.73. The minimum atomic E-state index is -0.460. The molecule has 1 amide bonds. The summed E-state index contributed by atoms with van der Waals surface area (Å²) in [4.78, 5) is 21.8. The van der Waals surface area contributed by atoms with Crippen LogP contribution in [0.3, 0.4) is 0 Å². The van der Waals surface area contributed by atoms with Crippen molar-refractivity contribution in [3.8, 4) is 0 Å².